The van der Waals surface area contributed by atoms with Crippen molar-refractivity contribution in [3.05, 3.63) is 328 Å². The first-order valence-corrected chi connectivity index (χ1v) is 32.3. The zero-order valence-corrected chi connectivity index (χ0v) is 51.3. The minimum absolute atomic E-state index is 0.901. The lowest BCUT2D eigenvalue weighted by molar-refractivity contribution is 0.998. The maximum absolute atomic E-state index is 5.34. The number of para-hydroxylation sites is 3. The number of rotatable bonds is 9. The van der Waals surface area contributed by atoms with Crippen LogP contribution in [0.2, 0.25) is 0 Å². The Kier molecular flexibility index (Phi) is 11.6. The first-order valence-electron chi connectivity index (χ1n) is 32.3. The second-order valence-electron chi connectivity index (χ2n) is 24.7. The van der Waals surface area contributed by atoms with Gasteiger partial charge >= 0.3 is 0 Å². The molecule has 0 atom stereocenters. The van der Waals surface area contributed by atoms with Crippen molar-refractivity contribution in [3.8, 4) is 72.9 Å². The van der Waals surface area contributed by atoms with Crippen molar-refractivity contribution in [2.75, 3.05) is 0 Å². The highest BCUT2D eigenvalue weighted by atomic mass is 15.2. The molecule has 0 aliphatic rings. The molecule has 0 aliphatic carbocycles. The van der Waals surface area contributed by atoms with Gasteiger partial charge in [0.2, 0.25) is 0 Å². The molecule has 0 fully saturated rings. The molecule has 8 aromatic heterocycles. The van der Waals surface area contributed by atoms with Gasteiger partial charge in [-0.25, -0.2) is 0 Å². The predicted octanol–water partition coefficient (Wildman–Crippen LogP) is 22.0. The Morgan fingerprint density at radius 2 is 0.421 bits per heavy atom. The average Bonchev–Trinajstić information content (AvgIpc) is 1.57. The number of hydrogen-bond acceptors (Lipinski definition) is 3. The fourth-order valence-corrected chi connectivity index (χ4v) is 15.5. The van der Waals surface area contributed by atoms with Crippen LogP contribution >= 0.6 is 0 Å². The van der Waals surface area contributed by atoms with Gasteiger partial charge in [0.1, 0.15) is 0 Å². The van der Waals surface area contributed by atoms with E-state index >= 15 is 0 Å². The largest absolute Gasteiger partial charge is 0.305 e. The summed E-state index contributed by atoms with van der Waals surface area (Å²) < 4.78 is 12.7. The van der Waals surface area contributed by atoms with Crippen molar-refractivity contribution < 1.29 is 0 Å². The average molecular weight is 1210 g/mol. The molecule has 0 aliphatic heterocycles. The van der Waals surface area contributed by atoms with Gasteiger partial charge in [-0.15, -0.1) is 0 Å². The number of benzene rings is 12. The molecule has 0 bridgehead atoms. The fraction of sp³-hybridized carbons (Fsp3) is 0. The molecule has 95 heavy (non-hydrogen) atoms. The summed E-state index contributed by atoms with van der Waals surface area (Å²) in [6.45, 7) is 0. The van der Waals surface area contributed by atoms with Crippen molar-refractivity contribution in [2.45, 2.75) is 0 Å². The van der Waals surface area contributed by atoms with E-state index in [0.29, 0.717) is 0 Å². The molecule has 0 spiro atoms. The second kappa shape index (κ2) is 20.8. The van der Waals surface area contributed by atoms with Gasteiger partial charge in [0.05, 0.1) is 100 Å². The zero-order valence-electron chi connectivity index (χ0n) is 51.3. The molecule has 12 aromatic carbocycles. The summed E-state index contributed by atoms with van der Waals surface area (Å²) in [6.07, 6.45) is 5.78. The number of fused-ring (bicyclic) bond motifs is 15. The lowest BCUT2D eigenvalue weighted by atomic mass is 10.0. The van der Waals surface area contributed by atoms with Gasteiger partial charge in [-0.05, 0) is 154 Å². The summed E-state index contributed by atoms with van der Waals surface area (Å²) in [5, 5.41) is 7.65. The lowest BCUT2D eigenvalue weighted by Gasteiger charge is -2.28. The van der Waals surface area contributed by atoms with Crippen LogP contribution in [0.25, 0.3) is 182 Å². The van der Waals surface area contributed by atoms with Crippen molar-refractivity contribution in [3.63, 3.8) is 0 Å². The number of pyridine rings is 3. The SMILES string of the molecule is c1ccc(-c2ccc3c(c2)c2cc(-c4ccccc4)ccc2n3-c2c(-n3c4ccccc4c4ncccc43)cc(-n3c4ccccc4c4ncccc43)c(-n3c4ccc(-c5ccccc5)cc4c4cc(-c5ccccc5)ccc43)c2-n2c3ccccc3c3ncccc32)cc1. The molecule has 0 unspecified atom stereocenters. The van der Waals surface area contributed by atoms with E-state index in [-0.39, 0.29) is 0 Å². The van der Waals surface area contributed by atoms with Gasteiger partial charge in [0.25, 0.3) is 0 Å². The van der Waals surface area contributed by atoms with E-state index in [2.05, 4.69) is 332 Å². The highest BCUT2D eigenvalue weighted by Crippen LogP contribution is 2.51. The molecule has 8 nitrogen and oxygen atoms in total. The highest BCUT2D eigenvalue weighted by molar-refractivity contribution is 6.18. The van der Waals surface area contributed by atoms with Crippen molar-refractivity contribution in [1.29, 1.82) is 0 Å². The molecule has 0 saturated carbocycles. The quantitative estimate of drug-likeness (QED) is 0.145. The minimum Gasteiger partial charge on any atom is -0.305 e. The fourth-order valence-electron chi connectivity index (χ4n) is 15.5. The van der Waals surface area contributed by atoms with Crippen LogP contribution in [-0.2, 0) is 0 Å². The van der Waals surface area contributed by atoms with Gasteiger partial charge in [0, 0.05) is 56.3 Å². The second-order valence-corrected chi connectivity index (χ2v) is 24.7. The first kappa shape index (κ1) is 52.8. The predicted molar refractivity (Wildman–Crippen MR) is 393 cm³/mol. The van der Waals surface area contributed by atoms with E-state index in [9.17, 15) is 0 Å². The Balaban J connectivity index is 1.08. The van der Waals surface area contributed by atoms with E-state index in [1.54, 1.807) is 0 Å². The van der Waals surface area contributed by atoms with Crippen LogP contribution < -0.4 is 0 Å². The molecule has 0 N–H and O–H groups in total. The molecule has 0 radical (unpaired) electrons. The molecular formula is C87H54N8. The topological polar surface area (TPSA) is 63.3 Å². The summed E-state index contributed by atoms with van der Waals surface area (Å²) >= 11 is 0. The maximum Gasteiger partial charge on any atom is 0.0991 e. The maximum atomic E-state index is 5.34. The normalized spacial score (nSPS) is 12.0. The Hall–Kier alpha value is -12.9. The molecule has 0 amide bonds. The zero-order chi connectivity index (χ0) is 62.2. The number of hydrogen-bond donors (Lipinski definition) is 0. The van der Waals surface area contributed by atoms with Gasteiger partial charge in [-0.2, -0.15) is 0 Å². The van der Waals surface area contributed by atoms with Crippen LogP contribution in [0.1, 0.15) is 0 Å². The van der Waals surface area contributed by atoms with Crippen LogP contribution in [0.5, 0.6) is 0 Å². The summed E-state index contributed by atoms with van der Waals surface area (Å²) in [5.74, 6) is 0. The third-order valence-electron chi connectivity index (χ3n) is 19.6. The van der Waals surface area contributed by atoms with Crippen molar-refractivity contribution in [2.24, 2.45) is 0 Å². The van der Waals surface area contributed by atoms with Crippen LogP contribution in [0.4, 0.5) is 0 Å². The molecule has 8 heteroatoms. The van der Waals surface area contributed by atoms with Crippen LogP contribution in [-0.4, -0.2) is 37.8 Å². The van der Waals surface area contributed by atoms with Crippen LogP contribution in [0.15, 0.2) is 328 Å². The van der Waals surface area contributed by atoms with Crippen LogP contribution in [0, 0.1) is 0 Å². The first-order chi connectivity index (χ1) is 47.2. The summed E-state index contributed by atoms with van der Waals surface area (Å²) in [7, 11) is 0. The third-order valence-corrected chi connectivity index (χ3v) is 19.6. The van der Waals surface area contributed by atoms with Gasteiger partial charge in [-0.3, -0.25) is 15.0 Å². The lowest BCUT2D eigenvalue weighted by Crippen LogP contribution is -2.16. The van der Waals surface area contributed by atoms with E-state index < -0.39 is 0 Å². The summed E-state index contributed by atoms with van der Waals surface area (Å²) in [6, 6.07) is 113. The highest BCUT2D eigenvalue weighted by Gasteiger charge is 2.34. The van der Waals surface area contributed by atoms with Gasteiger partial charge in [0.15, 0.2) is 0 Å². The summed E-state index contributed by atoms with van der Waals surface area (Å²) in [5.41, 5.74) is 26.8. The standard InChI is InChI=1S/C87H54N8/c1-5-22-55(23-6-1)59-39-43-73-66(50-59)67-51-60(56-24-7-2-8-25-56)40-44-74(67)93(73)85-80(91-70-33-16-13-30-63(70)82-77(91)36-19-47-88-82)54-81(92-71-34-17-14-31-64(71)83-78(92)37-20-48-89-83)86(87(85)95-72-35-18-15-32-65(72)84-79(95)38-21-49-90-84)94-75-45-41-61(57-26-9-3-10-27-57)52-68(75)69-53-62(42-46-76(69)94)58-28-11-4-12-29-58/h1-54H. The van der Waals surface area contributed by atoms with Gasteiger partial charge < -0.3 is 22.8 Å². The Morgan fingerprint density at radius 1 is 0.168 bits per heavy atom. The molecule has 442 valence electrons. The Bertz CT molecular complexity index is 5820. The molecule has 20 rings (SSSR count). The Labute approximate surface area is 545 Å². The van der Waals surface area contributed by atoms with E-state index in [1.807, 2.05) is 18.6 Å². The number of aromatic nitrogens is 8. The van der Waals surface area contributed by atoms with E-state index in [0.717, 1.165) is 182 Å². The van der Waals surface area contributed by atoms with E-state index in [4.69, 9.17) is 15.0 Å². The summed E-state index contributed by atoms with van der Waals surface area (Å²) in [4.78, 5) is 15.9. The molecule has 20 aromatic rings. The van der Waals surface area contributed by atoms with E-state index in [1.165, 1.54) is 0 Å². The molecule has 0 saturated heterocycles. The Morgan fingerprint density at radius 3 is 0.747 bits per heavy atom. The van der Waals surface area contributed by atoms with Gasteiger partial charge in [-0.1, -0.05) is 200 Å². The third kappa shape index (κ3) is 7.92. The minimum atomic E-state index is 0.901. The van der Waals surface area contributed by atoms with Crippen LogP contribution in [0.3, 0.4) is 0 Å². The number of nitrogens with zero attached hydrogens (tertiary/aromatic N) is 8. The van der Waals surface area contributed by atoms with Crippen molar-refractivity contribution in [1.82, 2.24) is 37.8 Å². The van der Waals surface area contributed by atoms with Crippen molar-refractivity contribution >= 4 is 109 Å². The smallest absolute Gasteiger partial charge is 0.0991 e. The molecular weight excluding hydrogens is 1160 g/mol. The molecule has 8 heterocycles. The monoisotopic (exact) mass is 1210 g/mol.